The number of nitrogens with zero attached hydrogens (tertiary/aromatic N) is 3. The number of carbonyl (C=O) groups is 2. The summed E-state index contributed by atoms with van der Waals surface area (Å²) < 4.78 is 13.0. The van der Waals surface area contributed by atoms with Gasteiger partial charge in [0.15, 0.2) is 11.0 Å². The second-order valence-corrected chi connectivity index (χ2v) is 12.3. The predicted molar refractivity (Wildman–Crippen MR) is 148 cm³/mol. The number of aryl methyl sites for hydroxylation is 2. The first kappa shape index (κ1) is 26.4. The summed E-state index contributed by atoms with van der Waals surface area (Å²) >= 11 is 4.59. The van der Waals surface area contributed by atoms with Crippen LogP contribution < -0.4 is 5.32 Å². The lowest BCUT2D eigenvalue weighted by atomic mass is 10.1. The maximum atomic E-state index is 13.0. The summed E-state index contributed by atoms with van der Waals surface area (Å²) in [6.07, 6.45) is 8.24. The lowest BCUT2D eigenvalue weighted by Gasteiger charge is -2.14. The first-order valence-corrected chi connectivity index (χ1v) is 15.5. The van der Waals surface area contributed by atoms with Gasteiger partial charge in [0.1, 0.15) is 5.00 Å². The van der Waals surface area contributed by atoms with Crippen LogP contribution in [0.1, 0.15) is 64.7 Å². The quantitative estimate of drug-likeness (QED) is 0.207. The minimum absolute atomic E-state index is 0.122. The Hall–Kier alpha value is -2.21. The molecule has 2 aliphatic rings. The number of hydrogen-bond acceptors (Lipinski definition) is 9. The van der Waals surface area contributed by atoms with Crippen LogP contribution in [0.3, 0.4) is 0 Å². The highest BCUT2D eigenvalue weighted by molar-refractivity contribution is 7.99. The molecule has 1 aliphatic carbocycles. The number of esters is 1. The molecule has 37 heavy (non-hydrogen) atoms. The van der Waals surface area contributed by atoms with E-state index in [1.54, 1.807) is 11.3 Å². The molecule has 3 aromatic heterocycles. The molecule has 0 spiro atoms. The average Bonchev–Trinajstić information content (AvgIpc) is 3.69. The molecule has 0 bridgehead atoms. The van der Waals surface area contributed by atoms with Crippen LogP contribution in [-0.4, -0.2) is 52.2 Å². The van der Waals surface area contributed by atoms with Crippen LogP contribution in [0.15, 0.2) is 16.6 Å². The number of ether oxygens (including phenoxy) is 2. The molecule has 1 aliphatic heterocycles. The summed E-state index contributed by atoms with van der Waals surface area (Å²) in [6, 6.07) is 2.16. The maximum Gasteiger partial charge on any atom is 0.341 e. The normalized spacial score (nSPS) is 17.4. The van der Waals surface area contributed by atoms with Crippen molar-refractivity contribution < 1.29 is 19.1 Å². The maximum absolute atomic E-state index is 13.0. The molecular formula is C26H32N4O4S3. The zero-order chi connectivity index (χ0) is 25.8. The second kappa shape index (κ2) is 12.1. The Kier molecular flexibility index (Phi) is 8.63. The van der Waals surface area contributed by atoms with E-state index in [0.29, 0.717) is 22.3 Å². The fourth-order valence-corrected chi connectivity index (χ4v) is 7.75. The molecule has 1 atom stereocenters. The van der Waals surface area contributed by atoms with E-state index in [-0.39, 0.29) is 23.7 Å². The minimum atomic E-state index is -0.384. The van der Waals surface area contributed by atoms with Crippen LogP contribution in [0, 0.1) is 0 Å². The summed E-state index contributed by atoms with van der Waals surface area (Å²) in [5.41, 5.74) is 2.61. The van der Waals surface area contributed by atoms with Gasteiger partial charge in [-0.3, -0.25) is 9.36 Å². The molecule has 1 fully saturated rings. The number of methoxy groups -OCH3 is 1. The monoisotopic (exact) mass is 560 g/mol. The lowest BCUT2D eigenvalue weighted by Crippen LogP contribution is -2.18. The van der Waals surface area contributed by atoms with Gasteiger partial charge < -0.3 is 14.8 Å². The summed E-state index contributed by atoms with van der Waals surface area (Å²) in [6.45, 7) is 3.58. The molecule has 198 valence electrons. The number of fused-ring (bicyclic) bond motifs is 1. The van der Waals surface area contributed by atoms with Crippen molar-refractivity contribution in [3.8, 4) is 11.4 Å². The number of thiophene rings is 2. The number of anilines is 1. The van der Waals surface area contributed by atoms with Crippen LogP contribution in [-0.2, 0) is 40.1 Å². The Morgan fingerprint density at radius 3 is 2.86 bits per heavy atom. The fourth-order valence-electron chi connectivity index (χ4n) is 4.89. The Morgan fingerprint density at radius 2 is 2.11 bits per heavy atom. The molecule has 1 saturated heterocycles. The van der Waals surface area contributed by atoms with Crippen molar-refractivity contribution in [3.63, 3.8) is 0 Å². The number of rotatable bonds is 9. The molecule has 11 heteroatoms. The minimum Gasteiger partial charge on any atom is -0.465 e. The van der Waals surface area contributed by atoms with Crippen molar-refractivity contribution in [1.82, 2.24) is 14.8 Å². The van der Waals surface area contributed by atoms with Crippen molar-refractivity contribution in [1.29, 1.82) is 0 Å². The van der Waals surface area contributed by atoms with Crippen LogP contribution in [0.25, 0.3) is 11.4 Å². The van der Waals surface area contributed by atoms with Crippen LogP contribution in [0.4, 0.5) is 5.00 Å². The van der Waals surface area contributed by atoms with E-state index in [9.17, 15) is 9.59 Å². The number of aromatic nitrogens is 3. The summed E-state index contributed by atoms with van der Waals surface area (Å²) in [5, 5.41) is 15.3. The van der Waals surface area contributed by atoms with E-state index in [2.05, 4.69) is 38.5 Å². The van der Waals surface area contributed by atoms with Gasteiger partial charge in [-0.2, -0.15) is 0 Å². The van der Waals surface area contributed by atoms with Gasteiger partial charge in [-0.15, -0.1) is 32.9 Å². The fraction of sp³-hybridized carbons (Fsp3) is 0.538. The molecule has 0 aromatic carbocycles. The van der Waals surface area contributed by atoms with E-state index in [4.69, 9.17) is 9.47 Å². The molecule has 0 saturated carbocycles. The first-order valence-electron chi connectivity index (χ1n) is 12.9. The van der Waals surface area contributed by atoms with Crippen molar-refractivity contribution >= 4 is 51.3 Å². The zero-order valence-electron chi connectivity index (χ0n) is 21.2. The Labute approximate surface area is 229 Å². The van der Waals surface area contributed by atoms with Gasteiger partial charge in [0.05, 0.1) is 31.1 Å². The van der Waals surface area contributed by atoms with Gasteiger partial charge in [0, 0.05) is 27.3 Å². The third kappa shape index (κ3) is 5.94. The largest absolute Gasteiger partial charge is 0.465 e. The van der Waals surface area contributed by atoms with Gasteiger partial charge in [-0.05, 0) is 56.6 Å². The number of amides is 1. The number of nitrogens with one attached hydrogen (secondary N) is 1. The summed E-state index contributed by atoms with van der Waals surface area (Å²) in [5.74, 6) is 0.412. The molecule has 3 aromatic rings. The first-order chi connectivity index (χ1) is 18.1. The van der Waals surface area contributed by atoms with Crippen molar-refractivity contribution in [2.75, 3.05) is 24.8 Å². The van der Waals surface area contributed by atoms with E-state index < -0.39 is 0 Å². The van der Waals surface area contributed by atoms with Gasteiger partial charge in [-0.25, -0.2) is 4.79 Å². The highest BCUT2D eigenvalue weighted by atomic mass is 32.2. The molecule has 0 radical (unpaired) electrons. The topological polar surface area (TPSA) is 95.3 Å². The number of carbonyl (C=O) groups excluding carboxylic acids is 2. The van der Waals surface area contributed by atoms with Crippen LogP contribution in [0.5, 0.6) is 0 Å². The van der Waals surface area contributed by atoms with E-state index in [1.807, 2.05) is 0 Å². The Bertz CT molecular complexity index is 1260. The lowest BCUT2D eigenvalue weighted by molar-refractivity contribution is -0.113. The number of thioether (sulfide) groups is 1. The van der Waals surface area contributed by atoms with Crippen molar-refractivity contribution in [2.45, 2.75) is 76.1 Å². The van der Waals surface area contributed by atoms with Gasteiger partial charge in [0.25, 0.3) is 0 Å². The second-order valence-electron chi connectivity index (χ2n) is 9.30. The SMILES string of the molecule is CCc1cc(-c2nnc(SCC(=O)Nc3sc4c(c3C(=O)OC)CCCCC4)n2CC2CCCO2)cs1. The molecule has 5 rings (SSSR count). The van der Waals surface area contributed by atoms with Crippen LogP contribution in [0.2, 0.25) is 0 Å². The zero-order valence-corrected chi connectivity index (χ0v) is 23.7. The van der Waals surface area contributed by atoms with E-state index >= 15 is 0 Å². The molecule has 1 unspecified atom stereocenters. The van der Waals surface area contributed by atoms with E-state index in [1.165, 1.54) is 40.0 Å². The average molecular weight is 561 g/mol. The predicted octanol–water partition coefficient (Wildman–Crippen LogP) is 5.60. The van der Waals surface area contributed by atoms with Gasteiger partial charge in [0.2, 0.25) is 5.91 Å². The third-order valence-corrected chi connectivity index (χ3v) is 10.0. The molecular weight excluding hydrogens is 529 g/mol. The van der Waals surface area contributed by atoms with Crippen LogP contribution >= 0.6 is 34.4 Å². The van der Waals surface area contributed by atoms with Crippen molar-refractivity contribution in [2.24, 2.45) is 0 Å². The molecule has 1 amide bonds. The van der Waals surface area contributed by atoms with Crippen molar-refractivity contribution in [3.05, 3.63) is 32.3 Å². The number of hydrogen-bond donors (Lipinski definition) is 1. The summed E-state index contributed by atoms with van der Waals surface area (Å²) in [4.78, 5) is 28.1. The Balaban J connectivity index is 1.33. The van der Waals surface area contributed by atoms with Gasteiger partial charge in [-0.1, -0.05) is 25.1 Å². The standard InChI is InChI=1S/C26H32N4O4S3/c1-3-18-12-16(14-35-18)23-28-29-26(30(23)13-17-8-7-11-34-17)36-15-21(31)27-24-22(25(32)33-2)19-9-5-4-6-10-20(19)37-24/h12,14,17H,3-11,13,15H2,1-2H3,(H,27,31). The highest BCUT2D eigenvalue weighted by Gasteiger charge is 2.27. The third-order valence-electron chi connectivity index (χ3n) is 6.78. The summed E-state index contributed by atoms with van der Waals surface area (Å²) in [7, 11) is 1.39. The van der Waals surface area contributed by atoms with E-state index in [0.717, 1.165) is 74.9 Å². The van der Waals surface area contributed by atoms with Gasteiger partial charge >= 0.3 is 5.97 Å². The smallest absolute Gasteiger partial charge is 0.341 e. The molecule has 4 heterocycles. The molecule has 8 nitrogen and oxygen atoms in total. The highest BCUT2D eigenvalue weighted by Crippen LogP contribution is 2.38. The molecule has 1 N–H and O–H groups in total. The Morgan fingerprint density at radius 1 is 1.24 bits per heavy atom.